The van der Waals surface area contributed by atoms with E-state index in [-0.39, 0.29) is 12.4 Å². The second kappa shape index (κ2) is 9.66. The van der Waals surface area contributed by atoms with Crippen molar-refractivity contribution in [3.63, 3.8) is 0 Å². The number of ketones is 1. The third-order valence-electron chi connectivity index (χ3n) is 4.29. The summed E-state index contributed by atoms with van der Waals surface area (Å²) in [5, 5.41) is 2.85. The molecule has 1 saturated heterocycles. The highest BCUT2D eigenvalue weighted by Gasteiger charge is 2.51. The van der Waals surface area contributed by atoms with Gasteiger partial charge in [-0.05, 0) is 31.2 Å². The molecule has 152 valence electrons. The first kappa shape index (κ1) is 24.8. The van der Waals surface area contributed by atoms with E-state index in [0.29, 0.717) is 24.3 Å². The summed E-state index contributed by atoms with van der Waals surface area (Å²) < 4.78 is 39.1. The fourth-order valence-electron chi connectivity index (χ4n) is 2.78. The minimum absolute atomic E-state index is 0. The minimum Gasteiger partial charge on any atom is -0.320 e. The molecule has 0 spiro atoms. The lowest BCUT2D eigenvalue weighted by Crippen LogP contribution is -2.62. The molecular weight excluding hydrogens is 375 g/mol. The lowest BCUT2D eigenvalue weighted by Gasteiger charge is -2.35. The standard InChI is InChI=1S/C16H26F3N3O3.ClH/c1-8(2)11(20)15(25)22(14(24)10-6-5-7-21-10)12(9(3)4)13(23)16(17,18)19;/h8-12,21H,5-7,20H2,1-4H3;1H/t10-,11-,12?;/m0./s1. The van der Waals surface area contributed by atoms with E-state index < -0.39 is 53.7 Å². The summed E-state index contributed by atoms with van der Waals surface area (Å²) in [5.41, 5.74) is 5.79. The van der Waals surface area contributed by atoms with E-state index in [2.05, 4.69) is 5.32 Å². The van der Waals surface area contributed by atoms with E-state index in [9.17, 15) is 27.6 Å². The van der Waals surface area contributed by atoms with E-state index in [1.165, 1.54) is 13.8 Å². The molecule has 0 aromatic heterocycles. The quantitative estimate of drug-likeness (QED) is 0.706. The van der Waals surface area contributed by atoms with Crippen LogP contribution in [0.4, 0.5) is 13.2 Å². The predicted octanol–water partition coefficient (Wildman–Crippen LogP) is 1.65. The first-order valence-electron chi connectivity index (χ1n) is 8.36. The molecule has 1 rings (SSSR count). The van der Waals surface area contributed by atoms with Gasteiger partial charge in [0.1, 0.15) is 6.04 Å². The van der Waals surface area contributed by atoms with Crippen molar-refractivity contribution < 1.29 is 27.6 Å². The molecule has 0 aromatic rings. The number of carbonyl (C=O) groups excluding carboxylic acids is 3. The summed E-state index contributed by atoms with van der Waals surface area (Å²) in [6, 6.07) is -3.88. The van der Waals surface area contributed by atoms with E-state index in [1.54, 1.807) is 13.8 Å². The zero-order valence-corrected chi connectivity index (χ0v) is 16.1. The molecule has 0 radical (unpaired) electrons. The van der Waals surface area contributed by atoms with E-state index in [1.807, 2.05) is 0 Å². The molecule has 1 aliphatic rings. The van der Waals surface area contributed by atoms with Gasteiger partial charge in [0.05, 0.1) is 12.1 Å². The predicted molar refractivity (Wildman–Crippen MR) is 92.6 cm³/mol. The minimum atomic E-state index is -5.15. The van der Waals surface area contributed by atoms with Gasteiger partial charge in [-0.3, -0.25) is 19.3 Å². The second-order valence-corrected chi connectivity index (χ2v) is 7.02. The fraction of sp³-hybridized carbons (Fsp3) is 0.812. The zero-order chi connectivity index (χ0) is 19.5. The van der Waals surface area contributed by atoms with Crippen LogP contribution in [0.1, 0.15) is 40.5 Å². The number of Topliss-reactive ketones (excluding diaryl/α,β-unsaturated/α-hetero) is 1. The molecule has 0 bridgehead atoms. The lowest BCUT2D eigenvalue weighted by molar-refractivity contribution is -0.182. The monoisotopic (exact) mass is 401 g/mol. The number of alkyl halides is 3. The first-order chi connectivity index (χ1) is 11.4. The third-order valence-corrected chi connectivity index (χ3v) is 4.29. The Hall–Kier alpha value is -1.19. The molecule has 1 heterocycles. The Bertz CT molecular complexity index is 507. The van der Waals surface area contributed by atoms with Crippen LogP contribution in [0.25, 0.3) is 0 Å². The first-order valence-corrected chi connectivity index (χ1v) is 8.36. The zero-order valence-electron chi connectivity index (χ0n) is 15.3. The van der Waals surface area contributed by atoms with E-state index >= 15 is 0 Å². The highest BCUT2D eigenvalue weighted by atomic mass is 35.5. The largest absolute Gasteiger partial charge is 0.452 e. The van der Waals surface area contributed by atoms with Crippen LogP contribution in [0.3, 0.4) is 0 Å². The molecule has 10 heteroatoms. The van der Waals surface area contributed by atoms with Gasteiger partial charge in [-0.25, -0.2) is 0 Å². The third kappa shape index (κ3) is 5.65. The molecule has 1 aliphatic heterocycles. The normalized spacial score (nSPS) is 19.8. The van der Waals surface area contributed by atoms with Gasteiger partial charge in [0.15, 0.2) is 0 Å². The lowest BCUT2D eigenvalue weighted by atomic mass is 9.94. The van der Waals surface area contributed by atoms with Crippen LogP contribution in [0.2, 0.25) is 0 Å². The van der Waals surface area contributed by atoms with Gasteiger partial charge in [0, 0.05) is 0 Å². The van der Waals surface area contributed by atoms with Crippen LogP contribution < -0.4 is 11.1 Å². The van der Waals surface area contributed by atoms with Gasteiger partial charge in [-0.2, -0.15) is 13.2 Å². The van der Waals surface area contributed by atoms with Gasteiger partial charge in [-0.15, -0.1) is 12.4 Å². The van der Waals surface area contributed by atoms with Gasteiger partial charge in [0.25, 0.3) is 5.78 Å². The molecule has 1 fully saturated rings. The Kier molecular flexibility index (Phi) is 9.22. The van der Waals surface area contributed by atoms with Gasteiger partial charge < -0.3 is 11.1 Å². The summed E-state index contributed by atoms with van der Waals surface area (Å²) in [4.78, 5) is 37.8. The van der Waals surface area contributed by atoms with Crippen LogP contribution in [0.5, 0.6) is 0 Å². The van der Waals surface area contributed by atoms with Crippen molar-refractivity contribution in [3.8, 4) is 0 Å². The molecule has 1 unspecified atom stereocenters. The SMILES string of the molecule is CC(C)C(C(=O)C(F)(F)F)N(C(=O)[C@@H]1CCCN1)C(=O)[C@@H](N)C(C)C.Cl. The van der Waals surface area contributed by atoms with Gasteiger partial charge >= 0.3 is 6.18 Å². The summed E-state index contributed by atoms with van der Waals surface area (Å²) in [5.74, 6) is -5.19. The summed E-state index contributed by atoms with van der Waals surface area (Å²) in [6.07, 6.45) is -4.10. The molecule has 0 aliphatic carbocycles. The van der Waals surface area contributed by atoms with Gasteiger partial charge in [-0.1, -0.05) is 27.7 Å². The van der Waals surface area contributed by atoms with Crippen molar-refractivity contribution in [2.24, 2.45) is 17.6 Å². The summed E-state index contributed by atoms with van der Waals surface area (Å²) >= 11 is 0. The smallest absolute Gasteiger partial charge is 0.320 e. The highest BCUT2D eigenvalue weighted by molar-refractivity contribution is 6.05. The Morgan fingerprint density at radius 2 is 1.65 bits per heavy atom. The van der Waals surface area contributed by atoms with Crippen molar-refractivity contribution >= 4 is 30.0 Å². The Labute approximate surface area is 157 Å². The number of halogens is 4. The maximum Gasteiger partial charge on any atom is 0.452 e. The van der Waals surface area contributed by atoms with Crippen molar-refractivity contribution in [2.75, 3.05) is 6.54 Å². The molecule has 26 heavy (non-hydrogen) atoms. The van der Waals surface area contributed by atoms with Crippen molar-refractivity contribution in [1.82, 2.24) is 10.2 Å². The van der Waals surface area contributed by atoms with Crippen LogP contribution >= 0.6 is 12.4 Å². The Morgan fingerprint density at radius 1 is 1.12 bits per heavy atom. The number of hydrogen-bond donors (Lipinski definition) is 2. The van der Waals surface area contributed by atoms with Crippen LogP contribution in [0, 0.1) is 11.8 Å². The molecule has 0 saturated carbocycles. The second-order valence-electron chi connectivity index (χ2n) is 7.02. The average Bonchev–Trinajstić information content (AvgIpc) is 3.02. The van der Waals surface area contributed by atoms with Crippen molar-refractivity contribution in [3.05, 3.63) is 0 Å². The van der Waals surface area contributed by atoms with Crippen molar-refractivity contribution in [2.45, 2.75) is 64.8 Å². The number of carbonyl (C=O) groups is 3. The molecular formula is C16H27ClF3N3O3. The molecule has 3 atom stereocenters. The fourth-order valence-corrected chi connectivity index (χ4v) is 2.78. The number of amides is 2. The topological polar surface area (TPSA) is 92.5 Å². The number of nitrogens with two attached hydrogens (primary N) is 1. The van der Waals surface area contributed by atoms with Crippen LogP contribution in [0.15, 0.2) is 0 Å². The number of imide groups is 1. The summed E-state index contributed by atoms with van der Waals surface area (Å²) in [7, 11) is 0. The van der Waals surface area contributed by atoms with Gasteiger partial charge in [0.2, 0.25) is 11.8 Å². The van der Waals surface area contributed by atoms with E-state index in [0.717, 1.165) is 0 Å². The molecule has 6 nitrogen and oxygen atoms in total. The highest BCUT2D eigenvalue weighted by Crippen LogP contribution is 2.27. The van der Waals surface area contributed by atoms with Crippen LogP contribution in [-0.4, -0.2) is 53.3 Å². The number of rotatable bonds is 6. The maximum atomic E-state index is 13.0. The maximum absolute atomic E-state index is 13.0. The number of nitrogens with one attached hydrogen (secondary N) is 1. The molecule has 0 aromatic carbocycles. The number of nitrogens with zero attached hydrogens (tertiary/aromatic N) is 1. The van der Waals surface area contributed by atoms with Crippen LogP contribution in [-0.2, 0) is 14.4 Å². The summed E-state index contributed by atoms with van der Waals surface area (Å²) in [6.45, 7) is 6.49. The molecule has 2 amide bonds. The Morgan fingerprint density at radius 3 is 2.00 bits per heavy atom. The van der Waals surface area contributed by atoms with Crippen molar-refractivity contribution in [1.29, 1.82) is 0 Å². The molecule has 3 N–H and O–H groups in total. The average molecular weight is 402 g/mol. The number of hydrogen-bond acceptors (Lipinski definition) is 5. The van der Waals surface area contributed by atoms with E-state index in [4.69, 9.17) is 5.73 Å². The Balaban J connectivity index is 0.00000625.